The molecule has 138 valence electrons. The molecule has 6 heteroatoms. The summed E-state index contributed by atoms with van der Waals surface area (Å²) in [6.07, 6.45) is 2.29. The SMILES string of the molecule is C=CCN1C(=O)C(Cc2ccc(C)cc2)SC1=Nc1ccc(C(=O)[O-])cc1. The van der Waals surface area contributed by atoms with E-state index in [-0.39, 0.29) is 16.7 Å². The van der Waals surface area contributed by atoms with E-state index in [1.54, 1.807) is 23.1 Å². The first-order chi connectivity index (χ1) is 13.0. The molecule has 2 aromatic carbocycles. The average Bonchev–Trinajstić information content (AvgIpc) is 2.93. The van der Waals surface area contributed by atoms with Gasteiger partial charge in [-0.2, -0.15) is 0 Å². The van der Waals surface area contributed by atoms with Gasteiger partial charge in [0.05, 0.1) is 16.9 Å². The molecular weight excluding hydrogens is 360 g/mol. The molecule has 1 saturated heterocycles. The van der Waals surface area contributed by atoms with Crippen molar-refractivity contribution in [3.63, 3.8) is 0 Å². The Bertz CT molecular complexity index is 889. The molecule has 0 radical (unpaired) electrons. The minimum Gasteiger partial charge on any atom is -0.545 e. The molecule has 5 nitrogen and oxygen atoms in total. The molecule has 1 unspecified atom stereocenters. The normalized spacial score (nSPS) is 18.1. The van der Waals surface area contributed by atoms with Crippen LogP contribution in [0.1, 0.15) is 21.5 Å². The molecule has 1 aliphatic rings. The molecule has 0 aromatic heterocycles. The molecule has 3 rings (SSSR count). The highest BCUT2D eigenvalue weighted by Crippen LogP contribution is 2.32. The summed E-state index contributed by atoms with van der Waals surface area (Å²) in [6, 6.07) is 14.2. The number of thioether (sulfide) groups is 1. The number of amidine groups is 1. The number of aryl methyl sites for hydroxylation is 1. The Morgan fingerprint density at radius 3 is 2.48 bits per heavy atom. The molecule has 1 heterocycles. The topological polar surface area (TPSA) is 72.8 Å². The number of aromatic carboxylic acids is 1. The number of rotatable bonds is 6. The summed E-state index contributed by atoms with van der Waals surface area (Å²) in [5.41, 5.74) is 2.96. The number of benzene rings is 2. The van der Waals surface area contributed by atoms with E-state index in [9.17, 15) is 14.7 Å². The second-order valence-electron chi connectivity index (χ2n) is 6.26. The molecular formula is C21H19N2O3S-. The van der Waals surface area contributed by atoms with Crippen molar-refractivity contribution in [3.8, 4) is 0 Å². The van der Waals surface area contributed by atoms with E-state index in [1.807, 2.05) is 31.2 Å². The summed E-state index contributed by atoms with van der Waals surface area (Å²) in [4.78, 5) is 29.8. The van der Waals surface area contributed by atoms with Gasteiger partial charge in [-0.1, -0.05) is 59.8 Å². The van der Waals surface area contributed by atoms with Crippen molar-refractivity contribution in [1.29, 1.82) is 0 Å². The Labute approximate surface area is 162 Å². The number of hydrogen-bond acceptors (Lipinski definition) is 5. The van der Waals surface area contributed by atoms with Gasteiger partial charge < -0.3 is 9.90 Å². The molecule has 0 aliphatic carbocycles. The van der Waals surface area contributed by atoms with Crippen LogP contribution in [0.2, 0.25) is 0 Å². The van der Waals surface area contributed by atoms with Crippen LogP contribution in [0.25, 0.3) is 0 Å². The van der Waals surface area contributed by atoms with Gasteiger partial charge in [0, 0.05) is 6.54 Å². The molecule has 2 aromatic rings. The maximum absolute atomic E-state index is 12.8. The van der Waals surface area contributed by atoms with E-state index in [2.05, 4.69) is 11.6 Å². The lowest BCUT2D eigenvalue weighted by atomic mass is 10.1. The van der Waals surface area contributed by atoms with E-state index in [0.29, 0.717) is 23.8 Å². The van der Waals surface area contributed by atoms with Gasteiger partial charge in [-0.15, -0.1) is 6.58 Å². The molecule has 1 fully saturated rings. The van der Waals surface area contributed by atoms with Crippen molar-refractivity contribution in [2.45, 2.75) is 18.6 Å². The van der Waals surface area contributed by atoms with Crippen LogP contribution in [0.3, 0.4) is 0 Å². The maximum Gasteiger partial charge on any atom is 0.242 e. The highest BCUT2D eigenvalue weighted by molar-refractivity contribution is 8.15. The number of carbonyl (C=O) groups is 2. The molecule has 0 N–H and O–H groups in total. The summed E-state index contributed by atoms with van der Waals surface area (Å²) in [7, 11) is 0. The first-order valence-corrected chi connectivity index (χ1v) is 9.40. The molecule has 0 saturated carbocycles. The highest BCUT2D eigenvalue weighted by atomic mass is 32.2. The summed E-state index contributed by atoms with van der Waals surface area (Å²) < 4.78 is 0. The zero-order valence-corrected chi connectivity index (χ0v) is 15.7. The largest absolute Gasteiger partial charge is 0.545 e. The first kappa shape index (κ1) is 18.9. The van der Waals surface area contributed by atoms with E-state index >= 15 is 0 Å². The van der Waals surface area contributed by atoms with E-state index in [0.717, 1.165) is 5.56 Å². The van der Waals surface area contributed by atoms with Crippen LogP contribution < -0.4 is 5.11 Å². The standard InChI is InChI=1S/C21H20N2O3S/c1-3-12-23-19(24)18(13-15-6-4-14(2)5-7-15)27-21(23)22-17-10-8-16(9-11-17)20(25)26/h3-11,18H,1,12-13H2,2H3,(H,25,26)/p-1. The van der Waals surface area contributed by atoms with Crippen LogP contribution >= 0.6 is 11.8 Å². The lowest BCUT2D eigenvalue weighted by molar-refractivity contribution is -0.255. The Hall–Kier alpha value is -2.86. The van der Waals surface area contributed by atoms with Crippen LogP contribution in [0, 0.1) is 6.92 Å². The molecule has 1 amide bonds. The van der Waals surface area contributed by atoms with Gasteiger partial charge in [-0.25, -0.2) is 4.99 Å². The zero-order valence-electron chi connectivity index (χ0n) is 14.9. The third-order valence-electron chi connectivity index (χ3n) is 4.20. The molecule has 0 spiro atoms. The van der Waals surface area contributed by atoms with Crippen molar-refractivity contribution in [2.75, 3.05) is 6.54 Å². The minimum atomic E-state index is -1.23. The van der Waals surface area contributed by atoms with Crippen LogP contribution in [0.4, 0.5) is 5.69 Å². The maximum atomic E-state index is 12.8. The number of hydrogen-bond donors (Lipinski definition) is 0. The number of amides is 1. The van der Waals surface area contributed by atoms with Gasteiger partial charge in [-0.3, -0.25) is 9.69 Å². The lowest BCUT2D eigenvalue weighted by Gasteiger charge is -2.14. The van der Waals surface area contributed by atoms with Crippen molar-refractivity contribution in [2.24, 2.45) is 4.99 Å². The summed E-state index contributed by atoms with van der Waals surface area (Å²) in [5.74, 6) is -1.23. The number of carbonyl (C=O) groups excluding carboxylic acids is 2. The van der Waals surface area contributed by atoms with Crippen LogP contribution in [0.15, 0.2) is 66.2 Å². The average molecular weight is 379 g/mol. The second kappa shape index (κ2) is 8.22. The lowest BCUT2D eigenvalue weighted by Crippen LogP contribution is -2.32. The predicted octanol–water partition coefficient (Wildman–Crippen LogP) is 2.72. The van der Waals surface area contributed by atoms with Gasteiger partial charge in [0.25, 0.3) is 0 Å². The van der Waals surface area contributed by atoms with Crippen LogP contribution in [-0.2, 0) is 11.2 Å². The Morgan fingerprint density at radius 2 is 1.89 bits per heavy atom. The van der Waals surface area contributed by atoms with Crippen molar-refractivity contribution >= 4 is 34.5 Å². The minimum absolute atomic E-state index is 0.00517. The van der Waals surface area contributed by atoms with Crippen LogP contribution in [0.5, 0.6) is 0 Å². The van der Waals surface area contributed by atoms with Crippen molar-refractivity contribution < 1.29 is 14.7 Å². The molecule has 0 bridgehead atoms. The van der Waals surface area contributed by atoms with Crippen molar-refractivity contribution in [3.05, 3.63) is 77.9 Å². The van der Waals surface area contributed by atoms with Gasteiger partial charge in [0.2, 0.25) is 5.91 Å². The van der Waals surface area contributed by atoms with E-state index < -0.39 is 5.97 Å². The Balaban J connectivity index is 1.82. The monoisotopic (exact) mass is 379 g/mol. The van der Waals surface area contributed by atoms with Crippen molar-refractivity contribution in [1.82, 2.24) is 4.90 Å². The first-order valence-electron chi connectivity index (χ1n) is 8.52. The van der Waals surface area contributed by atoms with Crippen LogP contribution in [-0.4, -0.2) is 33.7 Å². The predicted molar refractivity (Wildman–Crippen MR) is 106 cm³/mol. The number of aliphatic imine (C=N–C) groups is 1. The van der Waals surface area contributed by atoms with Gasteiger partial charge >= 0.3 is 0 Å². The molecule has 27 heavy (non-hydrogen) atoms. The fourth-order valence-electron chi connectivity index (χ4n) is 2.74. The quantitative estimate of drug-likeness (QED) is 0.724. The molecule has 1 atom stereocenters. The summed E-state index contributed by atoms with van der Waals surface area (Å²) in [6.45, 7) is 6.13. The second-order valence-corrected chi connectivity index (χ2v) is 7.43. The van der Waals surface area contributed by atoms with E-state index in [4.69, 9.17) is 0 Å². The summed E-state index contributed by atoms with van der Waals surface area (Å²) >= 11 is 1.42. The fourth-order valence-corrected chi connectivity index (χ4v) is 3.95. The van der Waals surface area contributed by atoms with Gasteiger partial charge in [-0.05, 0) is 36.6 Å². The number of carboxylic acid groups (broad SMARTS) is 1. The number of carboxylic acids is 1. The Morgan fingerprint density at radius 1 is 1.22 bits per heavy atom. The molecule has 1 aliphatic heterocycles. The summed E-state index contributed by atoms with van der Waals surface area (Å²) in [5, 5.41) is 11.2. The smallest absolute Gasteiger partial charge is 0.242 e. The third-order valence-corrected chi connectivity index (χ3v) is 5.38. The number of nitrogens with zero attached hydrogens (tertiary/aromatic N) is 2. The highest BCUT2D eigenvalue weighted by Gasteiger charge is 2.37. The van der Waals surface area contributed by atoms with E-state index in [1.165, 1.54) is 29.5 Å². The van der Waals surface area contributed by atoms with Gasteiger partial charge in [0.1, 0.15) is 0 Å². The Kier molecular flexibility index (Phi) is 5.76. The fraction of sp³-hybridized carbons (Fsp3) is 0.190. The zero-order chi connectivity index (χ0) is 19.4. The van der Waals surface area contributed by atoms with Gasteiger partial charge in [0.15, 0.2) is 5.17 Å². The third kappa shape index (κ3) is 4.46.